The first-order valence-electron chi connectivity index (χ1n) is 5.71. The molecule has 0 fully saturated rings. The molecule has 0 aliphatic heterocycles. The largest absolute Gasteiger partial charge is 0.343 e. The highest BCUT2D eigenvalue weighted by molar-refractivity contribution is 6.30. The summed E-state index contributed by atoms with van der Waals surface area (Å²) in [5, 5.41) is 1.65. The minimum Gasteiger partial charge on any atom is -0.343 e. The van der Waals surface area contributed by atoms with Crippen LogP contribution in [-0.4, -0.2) is 4.57 Å². The highest BCUT2D eigenvalue weighted by atomic mass is 35.5. The van der Waals surface area contributed by atoms with E-state index < -0.39 is 0 Å². The minimum atomic E-state index is -0.202. The van der Waals surface area contributed by atoms with Gasteiger partial charge in [0, 0.05) is 28.7 Å². The molecular formula is C15H11ClFN. The number of benzene rings is 2. The Bertz CT molecular complexity index is 685. The van der Waals surface area contributed by atoms with E-state index in [2.05, 4.69) is 4.57 Å². The average Bonchev–Trinajstić information content (AvgIpc) is 2.74. The molecule has 90 valence electrons. The van der Waals surface area contributed by atoms with Crippen LogP contribution in [0.15, 0.2) is 54.7 Å². The number of halogens is 2. The van der Waals surface area contributed by atoms with Crippen molar-refractivity contribution in [3.63, 3.8) is 0 Å². The summed E-state index contributed by atoms with van der Waals surface area (Å²) in [6, 6.07) is 14.5. The zero-order chi connectivity index (χ0) is 12.5. The number of hydrogen-bond acceptors (Lipinski definition) is 0. The lowest BCUT2D eigenvalue weighted by Gasteiger charge is -2.05. The molecule has 1 nitrogen and oxygen atoms in total. The van der Waals surface area contributed by atoms with E-state index in [0.717, 1.165) is 22.5 Å². The van der Waals surface area contributed by atoms with Crippen molar-refractivity contribution >= 4 is 22.5 Å². The van der Waals surface area contributed by atoms with E-state index in [-0.39, 0.29) is 5.82 Å². The van der Waals surface area contributed by atoms with Crippen LogP contribution in [0.1, 0.15) is 5.56 Å². The Kier molecular flexibility index (Phi) is 2.80. The third-order valence-electron chi connectivity index (χ3n) is 3.00. The van der Waals surface area contributed by atoms with Crippen LogP contribution in [0.3, 0.4) is 0 Å². The quantitative estimate of drug-likeness (QED) is 0.639. The van der Waals surface area contributed by atoms with Gasteiger partial charge in [0.1, 0.15) is 5.82 Å². The van der Waals surface area contributed by atoms with E-state index in [1.165, 1.54) is 11.6 Å². The predicted molar refractivity (Wildman–Crippen MR) is 72.5 cm³/mol. The zero-order valence-corrected chi connectivity index (χ0v) is 10.4. The zero-order valence-electron chi connectivity index (χ0n) is 9.61. The van der Waals surface area contributed by atoms with Gasteiger partial charge in [-0.25, -0.2) is 4.39 Å². The van der Waals surface area contributed by atoms with E-state index in [0.29, 0.717) is 0 Å². The molecule has 0 atom stereocenters. The summed E-state index contributed by atoms with van der Waals surface area (Å²) in [5.74, 6) is -0.202. The van der Waals surface area contributed by atoms with Gasteiger partial charge in [0.05, 0.1) is 0 Å². The van der Waals surface area contributed by atoms with E-state index in [9.17, 15) is 4.39 Å². The van der Waals surface area contributed by atoms with Crippen molar-refractivity contribution in [3.8, 4) is 0 Å². The second kappa shape index (κ2) is 4.46. The molecule has 1 heterocycles. The SMILES string of the molecule is Fc1ccc2c(ccn2Cc2ccc(Cl)cc2)c1. The maximum Gasteiger partial charge on any atom is 0.123 e. The number of fused-ring (bicyclic) bond motifs is 1. The van der Waals surface area contributed by atoms with E-state index in [4.69, 9.17) is 11.6 Å². The average molecular weight is 260 g/mol. The summed E-state index contributed by atoms with van der Waals surface area (Å²) in [6.45, 7) is 0.756. The lowest BCUT2D eigenvalue weighted by Crippen LogP contribution is -1.97. The molecule has 0 unspecified atom stereocenters. The lowest BCUT2D eigenvalue weighted by atomic mass is 10.2. The highest BCUT2D eigenvalue weighted by Gasteiger charge is 2.03. The molecule has 2 aromatic carbocycles. The fraction of sp³-hybridized carbons (Fsp3) is 0.0667. The van der Waals surface area contributed by atoms with E-state index in [1.54, 1.807) is 12.1 Å². The summed E-state index contributed by atoms with van der Waals surface area (Å²) in [4.78, 5) is 0. The molecule has 0 saturated carbocycles. The fourth-order valence-electron chi connectivity index (χ4n) is 2.10. The maximum absolute atomic E-state index is 13.1. The van der Waals surface area contributed by atoms with Crippen LogP contribution in [-0.2, 0) is 6.54 Å². The van der Waals surface area contributed by atoms with Crippen molar-refractivity contribution < 1.29 is 4.39 Å². The highest BCUT2D eigenvalue weighted by Crippen LogP contribution is 2.19. The summed E-state index contributed by atoms with van der Waals surface area (Å²) < 4.78 is 15.2. The topological polar surface area (TPSA) is 4.93 Å². The van der Waals surface area contributed by atoms with E-state index >= 15 is 0 Å². The van der Waals surface area contributed by atoms with Gasteiger partial charge in [0.25, 0.3) is 0 Å². The molecule has 0 N–H and O–H groups in total. The fourth-order valence-corrected chi connectivity index (χ4v) is 2.22. The molecule has 3 heteroatoms. The van der Waals surface area contributed by atoms with Crippen molar-refractivity contribution in [1.82, 2.24) is 4.57 Å². The number of nitrogens with zero attached hydrogens (tertiary/aromatic N) is 1. The number of hydrogen-bond donors (Lipinski definition) is 0. The Labute approximate surface area is 109 Å². The molecule has 0 amide bonds. The van der Waals surface area contributed by atoms with Crippen molar-refractivity contribution in [2.75, 3.05) is 0 Å². The summed E-state index contributed by atoms with van der Waals surface area (Å²) in [5.41, 5.74) is 2.20. The third-order valence-corrected chi connectivity index (χ3v) is 3.25. The summed E-state index contributed by atoms with van der Waals surface area (Å²) in [6.07, 6.45) is 1.97. The van der Waals surface area contributed by atoms with Gasteiger partial charge in [-0.15, -0.1) is 0 Å². The van der Waals surface area contributed by atoms with Gasteiger partial charge in [-0.05, 0) is 42.0 Å². The van der Waals surface area contributed by atoms with Crippen LogP contribution in [0.4, 0.5) is 4.39 Å². The molecule has 0 radical (unpaired) electrons. The minimum absolute atomic E-state index is 0.202. The Balaban J connectivity index is 1.97. The second-order valence-electron chi connectivity index (χ2n) is 4.27. The van der Waals surface area contributed by atoms with Crippen LogP contribution in [0.25, 0.3) is 10.9 Å². The Morgan fingerprint density at radius 3 is 2.56 bits per heavy atom. The van der Waals surface area contributed by atoms with Crippen LogP contribution in [0.2, 0.25) is 5.02 Å². The van der Waals surface area contributed by atoms with Gasteiger partial charge in [0.15, 0.2) is 0 Å². The molecule has 3 aromatic rings. The second-order valence-corrected chi connectivity index (χ2v) is 4.71. The molecule has 1 aromatic heterocycles. The normalized spacial score (nSPS) is 11.0. The Morgan fingerprint density at radius 2 is 1.78 bits per heavy atom. The van der Waals surface area contributed by atoms with Crippen LogP contribution in [0, 0.1) is 5.82 Å². The Morgan fingerprint density at radius 1 is 1.00 bits per heavy atom. The van der Waals surface area contributed by atoms with Crippen LogP contribution in [0.5, 0.6) is 0 Å². The number of rotatable bonds is 2. The Hall–Kier alpha value is -1.80. The van der Waals surface area contributed by atoms with Gasteiger partial charge >= 0.3 is 0 Å². The molecule has 0 aliphatic carbocycles. The first kappa shape index (κ1) is 11.3. The monoisotopic (exact) mass is 259 g/mol. The molecule has 18 heavy (non-hydrogen) atoms. The third kappa shape index (κ3) is 2.12. The summed E-state index contributed by atoms with van der Waals surface area (Å²) >= 11 is 5.86. The van der Waals surface area contributed by atoms with Gasteiger partial charge < -0.3 is 4.57 Å². The van der Waals surface area contributed by atoms with Gasteiger partial charge in [0.2, 0.25) is 0 Å². The summed E-state index contributed by atoms with van der Waals surface area (Å²) in [7, 11) is 0. The first-order valence-corrected chi connectivity index (χ1v) is 6.09. The van der Waals surface area contributed by atoms with Crippen LogP contribution < -0.4 is 0 Å². The maximum atomic E-state index is 13.1. The molecule has 0 spiro atoms. The van der Waals surface area contributed by atoms with Gasteiger partial charge in [-0.3, -0.25) is 0 Å². The van der Waals surface area contributed by atoms with Crippen molar-refractivity contribution in [2.45, 2.75) is 6.54 Å². The molecule has 0 saturated heterocycles. The molecule has 0 aliphatic rings. The number of aromatic nitrogens is 1. The van der Waals surface area contributed by atoms with Crippen molar-refractivity contribution in [1.29, 1.82) is 0 Å². The molecule has 3 rings (SSSR count). The van der Waals surface area contributed by atoms with Gasteiger partial charge in [-0.2, -0.15) is 0 Å². The molecular weight excluding hydrogens is 249 g/mol. The van der Waals surface area contributed by atoms with Crippen LogP contribution >= 0.6 is 11.6 Å². The standard InChI is InChI=1S/C15H11ClFN/c16-13-3-1-11(2-4-13)10-18-8-7-12-9-14(17)5-6-15(12)18/h1-9H,10H2. The van der Waals surface area contributed by atoms with Crippen molar-refractivity contribution in [3.05, 3.63) is 71.1 Å². The lowest BCUT2D eigenvalue weighted by molar-refractivity contribution is 0.629. The van der Waals surface area contributed by atoms with Gasteiger partial charge in [-0.1, -0.05) is 23.7 Å². The predicted octanol–water partition coefficient (Wildman–Crippen LogP) is 4.48. The first-order chi connectivity index (χ1) is 8.72. The smallest absolute Gasteiger partial charge is 0.123 e. The van der Waals surface area contributed by atoms with E-state index in [1.807, 2.05) is 36.5 Å². The molecule has 0 bridgehead atoms. The van der Waals surface area contributed by atoms with Crippen molar-refractivity contribution in [2.24, 2.45) is 0 Å².